The van der Waals surface area contributed by atoms with Crippen LogP contribution in [-0.4, -0.2) is 29.7 Å². The van der Waals surface area contributed by atoms with Crippen molar-refractivity contribution in [3.63, 3.8) is 0 Å². The third kappa shape index (κ3) is 3.91. The molecule has 1 rings (SSSR count). The highest BCUT2D eigenvalue weighted by Gasteiger charge is 2.32. The second-order valence-corrected chi connectivity index (χ2v) is 5.17. The Hall–Kier alpha value is -1.26. The van der Waals surface area contributed by atoms with Crippen LogP contribution in [0, 0.1) is 11.3 Å². The van der Waals surface area contributed by atoms with Crippen molar-refractivity contribution >= 4 is 12.0 Å². The number of aliphatic carboxylic acids is 1. The molecule has 1 aliphatic rings. The zero-order valence-electron chi connectivity index (χ0n) is 10.7. The van der Waals surface area contributed by atoms with Crippen molar-refractivity contribution in [2.75, 3.05) is 6.54 Å². The van der Waals surface area contributed by atoms with E-state index >= 15 is 0 Å². The lowest BCUT2D eigenvalue weighted by molar-refractivity contribution is -0.147. The summed E-state index contributed by atoms with van der Waals surface area (Å²) < 4.78 is 0. The predicted octanol–water partition coefficient (Wildman–Crippen LogP) is 1.58. The SMILES string of the molecule is CCC(C)(CNC(=O)NC(C)C1CC1)C(=O)O. The fourth-order valence-electron chi connectivity index (χ4n) is 1.60. The Morgan fingerprint density at radius 2 is 2.06 bits per heavy atom. The van der Waals surface area contributed by atoms with Crippen molar-refractivity contribution in [2.45, 2.75) is 46.1 Å². The molecule has 3 N–H and O–H groups in total. The Kier molecular flexibility index (Phi) is 4.37. The zero-order chi connectivity index (χ0) is 13.1. The van der Waals surface area contributed by atoms with E-state index in [4.69, 9.17) is 5.11 Å². The number of hydrogen-bond donors (Lipinski definition) is 3. The quantitative estimate of drug-likeness (QED) is 0.661. The topological polar surface area (TPSA) is 78.4 Å². The maximum absolute atomic E-state index is 11.6. The molecule has 0 radical (unpaired) electrons. The van der Waals surface area contributed by atoms with Gasteiger partial charge in [0.05, 0.1) is 5.41 Å². The molecule has 0 aliphatic heterocycles. The predicted molar refractivity (Wildman–Crippen MR) is 64.8 cm³/mol. The molecule has 2 unspecified atom stereocenters. The van der Waals surface area contributed by atoms with Crippen molar-refractivity contribution in [3.8, 4) is 0 Å². The summed E-state index contributed by atoms with van der Waals surface area (Å²) in [4.78, 5) is 22.6. The molecule has 0 spiro atoms. The average Bonchev–Trinajstić information content (AvgIpc) is 3.09. The molecule has 0 saturated heterocycles. The second-order valence-electron chi connectivity index (χ2n) is 5.17. The molecule has 0 heterocycles. The number of carboxylic acid groups (broad SMARTS) is 1. The number of nitrogens with one attached hydrogen (secondary N) is 2. The minimum Gasteiger partial charge on any atom is -0.481 e. The first kappa shape index (κ1) is 13.8. The molecule has 2 amide bonds. The van der Waals surface area contributed by atoms with Gasteiger partial charge in [-0.1, -0.05) is 6.92 Å². The maximum Gasteiger partial charge on any atom is 0.315 e. The van der Waals surface area contributed by atoms with Crippen molar-refractivity contribution in [3.05, 3.63) is 0 Å². The molecule has 0 aromatic heterocycles. The van der Waals surface area contributed by atoms with E-state index in [2.05, 4.69) is 10.6 Å². The lowest BCUT2D eigenvalue weighted by Gasteiger charge is -2.24. The smallest absolute Gasteiger partial charge is 0.315 e. The van der Waals surface area contributed by atoms with Gasteiger partial charge in [0.2, 0.25) is 0 Å². The van der Waals surface area contributed by atoms with Crippen LogP contribution < -0.4 is 10.6 Å². The highest BCUT2D eigenvalue weighted by Crippen LogP contribution is 2.32. The van der Waals surface area contributed by atoms with E-state index < -0.39 is 11.4 Å². The zero-order valence-corrected chi connectivity index (χ0v) is 10.7. The number of hydrogen-bond acceptors (Lipinski definition) is 2. The number of urea groups is 1. The van der Waals surface area contributed by atoms with Gasteiger partial charge < -0.3 is 15.7 Å². The van der Waals surface area contributed by atoms with E-state index in [0.29, 0.717) is 12.3 Å². The number of carbonyl (C=O) groups is 2. The third-order valence-corrected chi connectivity index (χ3v) is 3.62. The van der Waals surface area contributed by atoms with Crippen LogP contribution in [0.2, 0.25) is 0 Å². The Morgan fingerprint density at radius 3 is 2.47 bits per heavy atom. The van der Waals surface area contributed by atoms with E-state index in [-0.39, 0.29) is 18.6 Å². The number of carbonyl (C=O) groups excluding carboxylic acids is 1. The maximum atomic E-state index is 11.6. The van der Waals surface area contributed by atoms with Gasteiger partial charge in [-0.15, -0.1) is 0 Å². The van der Waals surface area contributed by atoms with Crippen LogP contribution in [0.25, 0.3) is 0 Å². The summed E-state index contributed by atoms with van der Waals surface area (Å²) in [7, 11) is 0. The lowest BCUT2D eigenvalue weighted by atomic mass is 9.88. The largest absolute Gasteiger partial charge is 0.481 e. The molecule has 1 aliphatic carbocycles. The van der Waals surface area contributed by atoms with E-state index in [1.807, 2.05) is 6.92 Å². The van der Waals surface area contributed by atoms with Crippen LogP contribution in [0.5, 0.6) is 0 Å². The highest BCUT2D eigenvalue weighted by molar-refractivity contribution is 5.77. The number of rotatable bonds is 6. The van der Waals surface area contributed by atoms with Crippen LogP contribution >= 0.6 is 0 Å². The average molecular weight is 242 g/mol. The summed E-state index contributed by atoms with van der Waals surface area (Å²) in [5, 5.41) is 14.5. The summed E-state index contributed by atoms with van der Waals surface area (Å²) >= 11 is 0. The summed E-state index contributed by atoms with van der Waals surface area (Å²) in [6.45, 7) is 5.58. The van der Waals surface area contributed by atoms with E-state index in [1.54, 1.807) is 13.8 Å². The fourth-order valence-corrected chi connectivity index (χ4v) is 1.60. The van der Waals surface area contributed by atoms with Crippen LogP contribution in [-0.2, 0) is 4.79 Å². The fraction of sp³-hybridized carbons (Fsp3) is 0.833. The van der Waals surface area contributed by atoms with E-state index in [1.165, 1.54) is 12.8 Å². The summed E-state index contributed by atoms with van der Waals surface area (Å²) in [5.41, 5.74) is -0.889. The molecule has 0 aromatic rings. The first-order chi connectivity index (χ1) is 7.89. The van der Waals surface area contributed by atoms with Gasteiger partial charge in [-0.2, -0.15) is 0 Å². The molecular formula is C12H22N2O3. The second kappa shape index (κ2) is 5.38. The summed E-state index contributed by atoms with van der Waals surface area (Å²) in [5.74, 6) is -0.284. The molecule has 2 atom stereocenters. The molecule has 98 valence electrons. The van der Waals surface area contributed by atoms with Crippen molar-refractivity contribution in [1.29, 1.82) is 0 Å². The number of amides is 2. The van der Waals surface area contributed by atoms with Gasteiger partial charge in [0.15, 0.2) is 0 Å². The van der Waals surface area contributed by atoms with Crippen LogP contribution in [0.1, 0.15) is 40.0 Å². The van der Waals surface area contributed by atoms with Gasteiger partial charge in [-0.3, -0.25) is 4.79 Å². The van der Waals surface area contributed by atoms with Gasteiger partial charge >= 0.3 is 12.0 Å². The van der Waals surface area contributed by atoms with Gasteiger partial charge in [0, 0.05) is 12.6 Å². The van der Waals surface area contributed by atoms with Crippen LogP contribution in [0.3, 0.4) is 0 Å². The first-order valence-corrected chi connectivity index (χ1v) is 6.17. The lowest BCUT2D eigenvalue weighted by Crippen LogP contribution is -2.47. The van der Waals surface area contributed by atoms with Crippen molar-refractivity contribution < 1.29 is 14.7 Å². The number of carboxylic acids is 1. The third-order valence-electron chi connectivity index (χ3n) is 3.62. The van der Waals surface area contributed by atoms with Crippen molar-refractivity contribution in [2.24, 2.45) is 11.3 Å². The Bertz CT molecular complexity index is 302. The first-order valence-electron chi connectivity index (χ1n) is 6.17. The van der Waals surface area contributed by atoms with Crippen LogP contribution in [0.4, 0.5) is 4.79 Å². The van der Waals surface area contributed by atoms with Crippen molar-refractivity contribution in [1.82, 2.24) is 10.6 Å². The van der Waals surface area contributed by atoms with E-state index in [0.717, 1.165) is 0 Å². The standard InChI is InChI=1S/C12H22N2O3/c1-4-12(3,10(15)16)7-13-11(17)14-8(2)9-5-6-9/h8-9H,4-7H2,1-3H3,(H,15,16)(H2,13,14,17). The Balaban J connectivity index is 2.33. The molecule has 1 fully saturated rings. The molecule has 5 nitrogen and oxygen atoms in total. The molecule has 1 saturated carbocycles. The van der Waals surface area contributed by atoms with Crippen LogP contribution in [0.15, 0.2) is 0 Å². The van der Waals surface area contributed by atoms with Gasteiger partial charge in [0.25, 0.3) is 0 Å². The molecule has 0 bridgehead atoms. The summed E-state index contributed by atoms with van der Waals surface area (Å²) in [6, 6.07) is -0.0990. The molecular weight excluding hydrogens is 220 g/mol. The molecule has 5 heteroatoms. The Morgan fingerprint density at radius 1 is 1.47 bits per heavy atom. The highest BCUT2D eigenvalue weighted by atomic mass is 16.4. The van der Waals surface area contributed by atoms with E-state index in [9.17, 15) is 9.59 Å². The van der Waals surface area contributed by atoms with Gasteiger partial charge in [-0.05, 0) is 39.0 Å². The minimum atomic E-state index is -0.889. The normalized spacial score (nSPS) is 20.2. The minimum absolute atomic E-state index is 0.155. The molecule has 17 heavy (non-hydrogen) atoms. The monoisotopic (exact) mass is 242 g/mol. The van der Waals surface area contributed by atoms with Gasteiger partial charge in [-0.25, -0.2) is 4.79 Å². The summed E-state index contributed by atoms with van der Waals surface area (Å²) in [6.07, 6.45) is 2.83. The Labute approximate surface area is 102 Å². The molecule has 0 aromatic carbocycles. The van der Waals surface area contributed by atoms with Gasteiger partial charge in [0.1, 0.15) is 0 Å².